The first kappa shape index (κ1) is 17.4. The summed E-state index contributed by atoms with van der Waals surface area (Å²) >= 11 is 1.67. The van der Waals surface area contributed by atoms with Crippen LogP contribution in [0.4, 0.5) is 5.69 Å². The van der Waals surface area contributed by atoms with E-state index in [9.17, 15) is 4.79 Å². The molecule has 0 bridgehead atoms. The highest BCUT2D eigenvalue weighted by Crippen LogP contribution is 2.27. The Morgan fingerprint density at radius 2 is 1.96 bits per heavy atom. The van der Waals surface area contributed by atoms with Gasteiger partial charge in [-0.05, 0) is 42.0 Å². The van der Waals surface area contributed by atoms with Crippen LogP contribution in [0.1, 0.15) is 11.1 Å². The third kappa shape index (κ3) is 4.38. The van der Waals surface area contributed by atoms with Crippen LogP contribution >= 0.6 is 11.8 Å². The number of fused-ring (bicyclic) bond motifs is 1. The molecule has 5 heteroatoms. The minimum atomic E-state index is -0.140. The van der Waals surface area contributed by atoms with E-state index >= 15 is 0 Å². The molecule has 4 nitrogen and oxygen atoms in total. The van der Waals surface area contributed by atoms with E-state index in [0.29, 0.717) is 5.57 Å². The number of thioether (sulfide) groups is 1. The summed E-state index contributed by atoms with van der Waals surface area (Å²) in [6, 6.07) is 21.5. The van der Waals surface area contributed by atoms with Crippen LogP contribution in [0.15, 0.2) is 83.5 Å². The van der Waals surface area contributed by atoms with E-state index in [2.05, 4.69) is 10.3 Å². The fourth-order valence-electron chi connectivity index (χ4n) is 2.79. The standard InChI is InChI=1S/C22H18N2O2S/c25-22(18-13-17-7-1-2-9-20(17)26-14-18)24-19-8-5-6-16(12-19)15-27-21-10-3-4-11-23-21/h1-13H,14-15H2,(H,24,25). The molecule has 0 unspecified atom stereocenters. The second-order valence-corrected chi connectivity index (χ2v) is 7.10. The van der Waals surface area contributed by atoms with E-state index in [-0.39, 0.29) is 12.5 Å². The molecule has 0 saturated carbocycles. The summed E-state index contributed by atoms with van der Waals surface area (Å²) in [4.78, 5) is 16.9. The third-order valence-electron chi connectivity index (χ3n) is 4.13. The van der Waals surface area contributed by atoms with E-state index in [0.717, 1.165) is 33.3 Å². The fraction of sp³-hybridized carbons (Fsp3) is 0.0909. The smallest absolute Gasteiger partial charge is 0.255 e. The second kappa shape index (κ2) is 8.10. The molecule has 1 aromatic heterocycles. The Balaban J connectivity index is 1.42. The first-order valence-electron chi connectivity index (χ1n) is 8.64. The lowest BCUT2D eigenvalue weighted by Crippen LogP contribution is -2.21. The van der Waals surface area contributed by atoms with Crippen molar-refractivity contribution < 1.29 is 9.53 Å². The van der Waals surface area contributed by atoms with Gasteiger partial charge in [-0.2, -0.15) is 0 Å². The molecule has 27 heavy (non-hydrogen) atoms. The number of carbonyl (C=O) groups is 1. The van der Waals surface area contributed by atoms with Crippen molar-refractivity contribution in [2.45, 2.75) is 10.8 Å². The summed E-state index contributed by atoms with van der Waals surface area (Å²) in [5.41, 5.74) is 3.44. The highest BCUT2D eigenvalue weighted by Gasteiger charge is 2.17. The van der Waals surface area contributed by atoms with Gasteiger partial charge < -0.3 is 10.1 Å². The number of anilines is 1. The number of nitrogens with zero attached hydrogens (tertiary/aromatic N) is 1. The molecule has 2 heterocycles. The van der Waals surface area contributed by atoms with Gasteiger partial charge in [-0.15, -0.1) is 11.8 Å². The van der Waals surface area contributed by atoms with Crippen LogP contribution in [-0.4, -0.2) is 17.5 Å². The zero-order valence-electron chi connectivity index (χ0n) is 14.6. The van der Waals surface area contributed by atoms with Crippen LogP contribution in [0, 0.1) is 0 Å². The van der Waals surface area contributed by atoms with Crippen LogP contribution in [0.3, 0.4) is 0 Å². The molecule has 0 atom stereocenters. The van der Waals surface area contributed by atoms with Crippen molar-refractivity contribution in [1.82, 2.24) is 4.98 Å². The maximum atomic E-state index is 12.6. The number of ether oxygens (including phenoxy) is 1. The van der Waals surface area contributed by atoms with Gasteiger partial charge in [0.1, 0.15) is 12.4 Å². The minimum Gasteiger partial charge on any atom is -0.488 e. The molecular weight excluding hydrogens is 356 g/mol. The molecule has 2 aromatic carbocycles. The summed E-state index contributed by atoms with van der Waals surface area (Å²) in [7, 11) is 0. The van der Waals surface area contributed by atoms with Crippen molar-refractivity contribution in [1.29, 1.82) is 0 Å². The Morgan fingerprint density at radius 1 is 1.07 bits per heavy atom. The number of nitrogens with one attached hydrogen (secondary N) is 1. The molecule has 4 rings (SSSR count). The second-order valence-electron chi connectivity index (χ2n) is 6.11. The number of rotatable bonds is 5. The number of hydrogen-bond donors (Lipinski definition) is 1. The lowest BCUT2D eigenvalue weighted by Gasteiger charge is -2.17. The third-order valence-corrected chi connectivity index (χ3v) is 5.15. The zero-order chi connectivity index (χ0) is 18.5. The normalized spacial score (nSPS) is 12.5. The quantitative estimate of drug-likeness (QED) is 0.653. The zero-order valence-corrected chi connectivity index (χ0v) is 15.4. The lowest BCUT2D eigenvalue weighted by molar-refractivity contribution is -0.113. The average Bonchev–Trinajstić information content (AvgIpc) is 2.73. The predicted octanol–water partition coefficient (Wildman–Crippen LogP) is 4.79. The lowest BCUT2D eigenvalue weighted by atomic mass is 10.1. The van der Waals surface area contributed by atoms with Gasteiger partial charge in [0, 0.05) is 23.2 Å². The Morgan fingerprint density at radius 3 is 2.85 bits per heavy atom. The molecule has 1 N–H and O–H groups in total. The van der Waals surface area contributed by atoms with Crippen LogP contribution in [-0.2, 0) is 10.5 Å². The van der Waals surface area contributed by atoms with Crippen LogP contribution in [0.5, 0.6) is 5.75 Å². The van der Waals surface area contributed by atoms with E-state index < -0.39 is 0 Å². The summed E-state index contributed by atoms with van der Waals surface area (Å²) in [6.07, 6.45) is 3.67. The van der Waals surface area contributed by atoms with E-state index in [1.165, 1.54) is 0 Å². The summed E-state index contributed by atoms with van der Waals surface area (Å²) in [5, 5.41) is 3.95. The molecule has 3 aromatic rings. The van der Waals surface area contributed by atoms with Crippen LogP contribution < -0.4 is 10.1 Å². The highest BCUT2D eigenvalue weighted by atomic mass is 32.2. The molecule has 0 fully saturated rings. The number of benzene rings is 2. The average molecular weight is 374 g/mol. The fourth-order valence-corrected chi connectivity index (χ4v) is 3.59. The molecule has 1 aliphatic rings. The molecule has 1 amide bonds. The molecular formula is C22H18N2O2S. The first-order valence-corrected chi connectivity index (χ1v) is 9.63. The van der Waals surface area contributed by atoms with Gasteiger partial charge in [0.2, 0.25) is 0 Å². The largest absolute Gasteiger partial charge is 0.488 e. The Bertz CT molecular complexity index is 986. The van der Waals surface area contributed by atoms with E-state index in [1.54, 1.807) is 18.0 Å². The molecule has 0 spiro atoms. The Hall–Kier alpha value is -3.05. The van der Waals surface area contributed by atoms with Crippen molar-refractivity contribution in [2.75, 3.05) is 11.9 Å². The van der Waals surface area contributed by atoms with Gasteiger partial charge >= 0.3 is 0 Å². The predicted molar refractivity (Wildman–Crippen MR) is 109 cm³/mol. The molecule has 1 aliphatic heterocycles. The van der Waals surface area contributed by atoms with E-state index in [4.69, 9.17) is 4.74 Å². The Kier molecular flexibility index (Phi) is 5.21. The van der Waals surface area contributed by atoms with Gasteiger partial charge in [-0.25, -0.2) is 4.98 Å². The first-order chi connectivity index (χ1) is 13.3. The summed E-state index contributed by atoms with van der Waals surface area (Å²) in [6.45, 7) is 0.276. The SMILES string of the molecule is O=C(Nc1cccc(CSc2ccccn2)c1)C1=Cc2ccccc2OC1. The van der Waals surface area contributed by atoms with Gasteiger partial charge in [0.25, 0.3) is 5.91 Å². The number of pyridine rings is 1. The van der Waals surface area contributed by atoms with Crippen molar-refractivity contribution in [3.63, 3.8) is 0 Å². The molecule has 0 radical (unpaired) electrons. The number of para-hydroxylation sites is 1. The van der Waals surface area contributed by atoms with Crippen molar-refractivity contribution in [2.24, 2.45) is 0 Å². The summed E-state index contributed by atoms with van der Waals surface area (Å²) < 4.78 is 5.67. The highest BCUT2D eigenvalue weighted by molar-refractivity contribution is 7.98. The number of hydrogen-bond acceptors (Lipinski definition) is 4. The monoisotopic (exact) mass is 374 g/mol. The van der Waals surface area contributed by atoms with Crippen molar-refractivity contribution in [3.8, 4) is 5.75 Å². The van der Waals surface area contributed by atoms with Gasteiger partial charge in [0.05, 0.1) is 10.6 Å². The maximum Gasteiger partial charge on any atom is 0.255 e. The van der Waals surface area contributed by atoms with Crippen molar-refractivity contribution in [3.05, 3.63) is 89.6 Å². The van der Waals surface area contributed by atoms with Crippen LogP contribution in [0.2, 0.25) is 0 Å². The van der Waals surface area contributed by atoms with Crippen LogP contribution in [0.25, 0.3) is 6.08 Å². The molecule has 134 valence electrons. The van der Waals surface area contributed by atoms with E-state index in [1.807, 2.05) is 72.8 Å². The topological polar surface area (TPSA) is 51.2 Å². The van der Waals surface area contributed by atoms with Crippen molar-refractivity contribution >= 4 is 29.4 Å². The van der Waals surface area contributed by atoms with Gasteiger partial charge in [-0.3, -0.25) is 4.79 Å². The summed E-state index contributed by atoms with van der Waals surface area (Å²) in [5.74, 6) is 1.46. The number of carbonyl (C=O) groups excluding carboxylic acids is 1. The Labute approximate surface area is 162 Å². The van der Waals surface area contributed by atoms with Gasteiger partial charge in [0.15, 0.2) is 0 Å². The molecule has 0 saturated heterocycles. The van der Waals surface area contributed by atoms with Gasteiger partial charge in [-0.1, -0.05) is 36.4 Å². The molecule has 0 aliphatic carbocycles. The number of amides is 1. The number of aromatic nitrogens is 1. The minimum absolute atomic E-state index is 0.140. The maximum absolute atomic E-state index is 12.6.